The van der Waals surface area contributed by atoms with Crippen LogP contribution in [0.15, 0.2) is 40.9 Å². The minimum Gasteiger partial charge on any atom is -0.399 e. The van der Waals surface area contributed by atoms with Gasteiger partial charge in [-0.05, 0) is 123 Å². The monoisotopic (exact) mass is 658 g/mol. The van der Waals surface area contributed by atoms with Gasteiger partial charge in [-0.15, -0.1) is 0 Å². The molecule has 4 aromatic rings. The zero-order valence-corrected chi connectivity index (χ0v) is 21.9. The van der Waals surface area contributed by atoms with E-state index in [-0.39, 0.29) is 18.3 Å². The Labute approximate surface area is 200 Å². The molecule has 28 heavy (non-hydrogen) atoms. The third-order valence-corrected chi connectivity index (χ3v) is 8.73. The second-order valence-corrected chi connectivity index (χ2v) is 11.6. The lowest BCUT2D eigenvalue weighted by Gasteiger charge is -2.32. The van der Waals surface area contributed by atoms with Gasteiger partial charge in [-0.3, -0.25) is 0 Å². The summed E-state index contributed by atoms with van der Waals surface area (Å²) >= 11 is 8.64. The predicted molar refractivity (Wildman–Crippen MR) is 139 cm³/mol. The van der Waals surface area contributed by atoms with Gasteiger partial charge in [0.05, 0.1) is 11.2 Å². The van der Waals surface area contributed by atoms with Crippen LogP contribution < -0.4 is 5.46 Å². The number of hydrogen-bond acceptors (Lipinski definition) is 2. The van der Waals surface area contributed by atoms with Crippen molar-refractivity contribution in [2.45, 2.75) is 38.9 Å². The fraction of sp³-hybridized carbons (Fsp3) is 0.273. The van der Waals surface area contributed by atoms with E-state index in [1.165, 1.54) is 39.5 Å². The first kappa shape index (κ1) is 19.8. The smallest absolute Gasteiger partial charge is 0.399 e. The van der Waals surface area contributed by atoms with Gasteiger partial charge in [0, 0.05) is 11.6 Å². The van der Waals surface area contributed by atoms with Crippen LogP contribution >= 0.6 is 61.1 Å². The van der Waals surface area contributed by atoms with Crippen molar-refractivity contribution in [3.63, 3.8) is 0 Å². The van der Waals surface area contributed by atoms with Gasteiger partial charge in [-0.25, -0.2) is 0 Å². The predicted octanol–water partition coefficient (Wildman–Crippen LogP) is 6.85. The average Bonchev–Trinajstić information content (AvgIpc) is 2.84. The van der Waals surface area contributed by atoms with E-state index >= 15 is 0 Å². The fourth-order valence-corrected chi connectivity index (χ4v) is 6.59. The Morgan fingerprint density at radius 1 is 0.750 bits per heavy atom. The van der Waals surface area contributed by atoms with Crippen molar-refractivity contribution in [3.8, 4) is 0 Å². The minimum absolute atomic E-state index is 0.356. The average molecular weight is 659 g/mol. The highest BCUT2D eigenvalue weighted by Gasteiger charge is 2.52. The van der Waals surface area contributed by atoms with Crippen LogP contribution in [0.4, 0.5) is 0 Å². The molecule has 0 bridgehead atoms. The molecule has 1 aliphatic heterocycles. The van der Waals surface area contributed by atoms with Gasteiger partial charge >= 0.3 is 7.12 Å². The lowest BCUT2D eigenvalue weighted by Crippen LogP contribution is -2.41. The zero-order chi connectivity index (χ0) is 20.0. The first-order valence-electron chi connectivity index (χ1n) is 9.21. The summed E-state index contributed by atoms with van der Waals surface area (Å²) < 4.78 is 16.4. The summed E-state index contributed by atoms with van der Waals surface area (Å²) in [6.45, 7) is 8.42. The Balaban J connectivity index is 1.88. The normalized spacial score (nSPS) is 18.8. The van der Waals surface area contributed by atoms with E-state index in [0.717, 1.165) is 9.94 Å². The second kappa shape index (κ2) is 6.42. The molecule has 0 unspecified atom stereocenters. The molecule has 0 radical (unpaired) electrons. The Hall–Kier alpha value is -0.155. The maximum Gasteiger partial charge on any atom is 0.495 e. The molecule has 0 aromatic heterocycles. The van der Waals surface area contributed by atoms with Crippen molar-refractivity contribution >= 4 is 106 Å². The van der Waals surface area contributed by atoms with Crippen molar-refractivity contribution < 1.29 is 9.31 Å². The molecule has 6 heteroatoms. The van der Waals surface area contributed by atoms with Gasteiger partial charge in [0.1, 0.15) is 0 Å². The molecular weight excluding hydrogens is 641 g/mol. The topological polar surface area (TPSA) is 18.5 Å². The van der Waals surface area contributed by atoms with Crippen molar-refractivity contribution in [3.05, 3.63) is 48.0 Å². The molecule has 142 valence electrons. The number of hydrogen-bond donors (Lipinski definition) is 0. The molecule has 1 fully saturated rings. The lowest BCUT2D eigenvalue weighted by molar-refractivity contribution is 0.00578. The van der Waals surface area contributed by atoms with Crippen molar-refractivity contribution in [1.82, 2.24) is 0 Å². The van der Waals surface area contributed by atoms with Crippen molar-refractivity contribution in [1.29, 1.82) is 0 Å². The van der Waals surface area contributed by atoms with E-state index in [9.17, 15) is 0 Å². The Bertz CT molecular complexity index is 1230. The third kappa shape index (κ3) is 2.70. The maximum atomic E-state index is 6.41. The summed E-state index contributed by atoms with van der Waals surface area (Å²) in [5.41, 5.74) is 0.400. The molecule has 0 amide bonds. The highest BCUT2D eigenvalue weighted by Crippen LogP contribution is 2.42. The fourth-order valence-electron chi connectivity index (χ4n) is 4.06. The molecule has 5 rings (SSSR count). The Kier molecular flexibility index (Phi) is 4.54. The molecule has 0 atom stereocenters. The van der Waals surface area contributed by atoms with E-state index in [2.05, 4.69) is 125 Å². The largest absolute Gasteiger partial charge is 0.495 e. The summed E-state index contributed by atoms with van der Waals surface area (Å²) in [5.74, 6) is 0. The van der Waals surface area contributed by atoms with Crippen LogP contribution in [-0.4, -0.2) is 18.3 Å². The first-order valence-corrected chi connectivity index (χ1v) is 12.2. The number of halogens is 3. The molecule has 0 N–H and O–H groups in total. The lowest BCUT2D eigenvalue weighted by atomic mass is 9.74. The maximum absolute atomic E-state index is 6.41. The molecule has 1 aliphatic rings. The summed E-state index contributed by atoms with van der Waals surface area (Å²) in [7, 11) is -0.370. The Morgan fingerprint density at radius 3 is 1.82 bits per heavy atom. The summed E-state index contributed by atoms with van der Waals surface area (Å²) in [5, 5.41) is 7.63. The SMILES string of the molecule is CC1(C)OB(c2cc(I)c3ccc4c(Br)cc(I)c5ccc2c3c45)OC1(C)C. The molecule has 0 saturated carbocycles. The second-order valence-electron chi connectivity index (χ2n) is 8.45. The first-order chi connectivity index (χ1) is 13.1. The number of benzene rings is 4. The van der Waals surface area contributed by atoms with E-state index < -0.39 is 0 Å². The van der Waals surface area contributed by atoms with E-state index in [0.29, 0.717) is 0 Å². The van der Waals surface area contributed by atoms with Gasteiger partial charge in [0.2, 0.25) is 0 Å². The van der Waals surface area contributed by atoms with E-state index in [1.54, 1.807) is 0 Å². The van der Waals surface area contributed by atoms with Crippen LogP contribution in [0.3, 0.4) is 0 Å². The Morgan fingerprint density at radius 2 is 1.21 bits per heavy atom. The summed E-state index contributed by atoms with van der Waals surface area (Å²) in [6, 6.07) is 13.3. The molecule has 2 nitrogen and oxygen atoms in total. The van der Waals surface area contributed by atoms with Crippen molar-refractivity contribution in [2.24, 2.45) is 0 Å². The van der Waals surface area contributed by atoms with E-state index in [4.69, 9.17) is 9.31 Å². The highest BCUT2D eigenvalue weighted by molar-refractivity contribution is 14.1. The summed E-state index contributed by atoms with van der Waals surface area (Å²) in [4.78, 5) is 0. The summed E-state index contributed by atoms with van der Waals surface area (Å²) in [6.07, 6.45) is 0. The van der Waals surface area contributed by atoms with Crippen LogP contribution in [0.5, 0.6) is 0 Å². The third-order valence-electron chi connectivity index (χ3n) is 6.29. The van der Waals surface area contributed by atoms with Gasteiger partial charge in [0.15, 0.2) is 0 Å². The molecule has 0 aliphatic carbocycles. The van der Waals surface area contributed by atoms with Crippen LogP contribution in [0.2, 0.25) is 0 Å². The molecule has 4 aromatic carbocycles. The molecule has 0 spiro atoms. The van der Waals surface area contributed by atoms with Crippen LogP contribution in [0.25, 0.3) is 32.3 Å². The standard InChI is InChI=1S/C22H18BBrI2O2/c1-21(2)22(3,4)28-23(27-21)15-9-17(25)13-8-6-12-16(24)10-18(26)14-7-5-11(15)19(13)20(12)14/h5-10H,1-4H3. The minimum atomic E-state index is -0.370. The van der Waals surface area contributed by atoms with Crippen LogP contribution in [-0.2, 0) is 9.31 Å². The molecule has 1 saturated heterocycles. The van der Waals surface area contributed by atoms with Gasteiger partial charge in [-0.1, -0.05) is 40.2 Å². The zero-order valence-electron chi connectivity index (χ0n) is 16.0. The van der Waals surface area contributed by atoms with E-state index in [1.807, 2.05) is 0 Å². The van der Waals surface area contributed by atoms with Gasteiger partial charge < -0.3 is 9.31 Å². The highest BCUT2D eigenvalue weighted by atomic mass is 127. The molecular formula is C22H18BBrI2O2. The quantitative estimate of drug-likeness (QED) is 0.127. The van der Waals surface area contributed by atoms with Crippen LogP contribution in [0, 0.1) is 7.14 Å². The van der Waals surface area contributed by atoms with Gasteiger partial charge in [-0.2, -0.15) is 0 Å². The number of rotatable bonds is 1. The van der Waals surface area contributed by atoms with Gasteiger partial charge in [0.25, 0.3) is 0 Å². The van der Waals surface area contributed by atoms with Crippen molar-refractivity contribution in [2.75, 3.05) is 0 Å². The molecule has 1 heterocycles. The van der Waals surface area contributed by atoms with Crippen LogP contribution in [0.1, 0.15) is 27.7 Å².